The Balaban J connectivity index is 0.00000103. The van der Waals surface area contributed by atoms with Crippen LogP contribution < -0.4 is 21.1 Å². The molecule has 3 aromatic rings. The summed E-state index contributed by atoms with van der Waals surface area (Å²) >= 11 is 0. The minimum atomic E-state index is -0.340. The number of ether oxygens (including phenoxy) is 1. The van der Waals surface area contributed by atoms with Gasteiger partial charge in [0.25, 0.3) is 0 Å². The molecule has 0 spiro atoms. The largest absolute Gasteiger partial charge is 0.496 e. The lowest BCUT2D eigenvalue weighted by Gasteiger charge is -2.34. The number of benzene rings is 1. The highest BCUT2D eigenvalue weighted by molar-refractivity contribution is 5.87. The number of aromatic nitrogens is 3. The van der Waals surface area contributed by atoms with E-state index in [-0.39, 0.29) is 18.0 Å². The van der Waals surface area contributed by atoms with Crippen molar-refractivity contribution in [3.63, 3.8) is 0 Å². The number of aliphatic hydroxyl groups excluding tert-OH is 1. The Morgan fingerprint density at radius 2 is 1.80 bits per heavy atom. The molecule has 1 aliphatic heterocycles. The summed E-state index contributed by atoms with van der Waals surface area (Å²) in [5.74, 6) is 2.01. The number of nitrogen functional groups attached to an aromatic ring is 1. The third-order valence-corrected chi connectivity index (χ3v) is 8.95. The Kier molecular flexibility index (Phi) is 18.7. The zero-order valence-corrected chi connectivity index (χ0v) is 31.4. The molecule has 2 aromatic heterocycles. The van der Waals surface area contributed by atoms with Crippen molar-refractivity contribution in [2.75, 3.05) is 64.0 Å². The fourth-order valence-corrected chi connectivity index (χ4v) is 6.10. The smallest absolute Gasteiger partial charge is 0.222 e. The van der Waals surface area contributed by atoms with Gasteiger partial charge in [-0.15, -0.1) is 0 Å². The van der Waals surface area contributed by atoms with Crippen LogP contribution in [0, 0.1) is 0 Å². The van der Waals surface area contributed by atoms with Gasteiger partial charge in [0, 0.05) is 64.0 Å². The van der Waals surface area contributed by atoms with E-state index in [1.54, 1.807) is 14.0 Å². The summed E-state index contributed by atoms with van der Waals surface area (Å²) in [4.78, 5) is 25.9. The number of hydrogen-bond donors (Lipinski definition) is 4. The molecular weight excluding hydrogens is 628 g/mol. The van der Waals surface area contributed by atoms with Crippen LogP contribution in [0.3, 0.4) is 0 Å². The van der Waals surface area contributed by atoms with Crippen molar-refractivity contribution >= 4 is 28.7 Å². The summed E-state index contributed by atoms with van der Waals surface area (Å²) < 4.78 is 8.01. The van der Waals surface area contributed by atoms with Gasteiger partial charge in [0.2, 0.25) is 11.9 Å². The molecule has 50 heavy (non-hydrogen) atoms. The number of allylic oxidation sites excluding steroid dienone is 2. The zero-order valence-electron chi connectivity index (χ0n) is 31.4. The molecule has 11 nitrogen and oxygen atoms in total. The second-order valence-corrected chi connectivity index (χ2v) is 13.3. The van der Waals surface area contributed by atoms with E-state index < -0.39 is 0 Å². The number of fused-ring (bicyclic) bond motifs is 1. The highest BCUT2D eigenvalue weighted by Crippen LogP contribution is 2.27. The van der Waals surface area contributed by atoms with Gasteiger partial charge in [-0.2, -0.15) is 4.98 Å². The maximum Gasteiger partial charge on any atom is 0.222 e. The van der Waals surface area contributed by atoms with E-state index in [9.17, 15) is 9.90 Å². The third kappa shape index (κ3) is 14.3. The van der Waals surface area contributed by atoms with E-state index >= 15 is 0 Å². The predicted molar refractivity (Wildman–Crippen MR) is 207 cm³/mol. The van der Waals surface area contributed by atoms with Crippen molar-refractivity contribution in [1.82, 2.24) is 29.7 Å². The summed E-state index contributed by atoms with van der Waals surface area (Å²) in [6.07, 6.45) is 14.7. The van der Waals surface area contributed by atoms with Crippen molar-refractivity contribution < 1.29 is 14.6 Å². The molecule has 1 aromatic carbocycles. The van der Waals surface area contributed by atoms with Gasteiger partial charge in [-0.25, -0.2) is 4.98 Å². The normalized spacial score (nSPS) is 14.4. The van der Waals surface area contributed by atoms with E-state index in [1.807, 2.05) is 12.3 Å². The molecule has 1 atom stereocenters. The molecule has 1 amide bonds. The van der Waals surface area contributed by atoms with Crippen molar-refractivity contribution in [2.45, 2.75) is 105 Å². The van der Waals surface area contributed by atoms with E-state index in [0.717, 1.165) is 93.2 Å². The number of amides is 1. The van der Waals surface area contributed by atoms with Crippen LogP contribution in [0.2, 0.25) is 0 Å². The number of methoxy groups -OCH3 is 1. The number of piperazine rings is 1. The van der Waals surface area contributed by atoms with Crippen molar-refractivity contribution in [2.24, 2.45) is 0 Å². The quantitative estimate of drug-likeness (QED) is 0.0806. The minimum Gasteiger partial charge on any atom is -0.496 e. The molecule has 0 aliphatic carbocycles. The predicted octanol–water partition coefficient (Wildman–Crippen LogP) is 6.21. The zero-order chi connectivity index (χ0) is 36.1. The Hall–Kier alpha value is -3.67. The average Bonchev–Trinajstić information content (AvgIpc) is 3.51. The van der Waals surface area contributed by atoms with Gasteiger partial charge < -0.3 is 35.7 Å². The number of carbonyl (C=O) groups is 1. The van der Waals surface area contributed by atoms with Crippen LogP contribution >= 0.6 is 0 Å². The Bertz CT molecular complexity index is 1430. The maximum absolute atomic E-state index is 11.9. The summed E-state index contributed by atoms with van der Waals surface area (Å²) in [6, 6.07) is 8.53. The summed E-state index contributed by atoms with van der Waals surface area (Å²) in [6.45, 7) is 16.4. The van der Waals surface area contributed by atoms with E-state index in [0.29, 0.717) is 25.9 Å². The number of unbranched alkanes of at least 4 members (excludes halogenated alkanes) is 3. The van der Waals surface area contributed by atoms with Gasteiger partial charge >= 0.3 is 0 Å². The first-order chi connectivity index (χ1) is 24.3. The lowest BCUT2D eigenvalue weighted by atomic mass is 10.1. The fourth-order valence-electron chi connectivity index (χ4n) is 6.10. The highest BCUT2D eigenvalue weighted by Gasteiger charge is 2.18. The molecule has 1 unspecified atom stereocenters. The third-order valence-electron chi connectivity index (χ3n) is 8.95. The van der Waals surface area contributed by atoms with Crippen LogP contribution in [0.5, 0.6) is 5.75 Å². The molecule has 3 heterocycles. The fraction of sp³-hybridized carbons (Fsp3) is 0.615. The van der Waals surface area contributed by atoms with Gasteiger partial charge in [0.05, 0.1) is 25.3 Å². The highest BCUT2D eigenvalue weighted by atomic mass is 16.5. The van der Waals surface area contributed by atoms with Crippen LogP contribution in [0.25, 0.3) is 11.0 Å². The van der Waals surface area contributed by atoms with E-state index in [4.69, 9.17) is 10.5 Å². The van der Waals surface area contributed by atoms with Gasteiger partial charge in [-0.05, 0) is 70.2 Å². The first-order valence-corrected chi connectivity index (χ1v) is 18.8. The Morgan fingerprint density at radius 3 is 2.48 bits per heavy atom. The first kappa shape index (κ1) is 40.8. The number of nitrogens with two attached hydrogens (primary N) is 1. The van der Waals surface area contributed by atoms with Gasteiger partial charge in [-0.3, -0.25) is 9.69 Å². The standard InChI is InChI=1S/C33H52N8O3.C6H12/c1-4-5-6-14-36-32-31-28(37-33(34)38-32)13-17-41(31)24-27-12-11-26(22-29(27)44-3)23-40-20-18-39(19-21-40)16-8-15-35-30(43)10-7-9-25(2)42;1-3-5-6-4-2/h11-13,17,22,25,42H,4-10,14-16,18-21,23-24H2,1-3H3,(H,35,43)(H3,34,36,37,38);3,5H,4,6H2,1-2H3. The molecule has 278 valence electrons. The van der Waals surface area contributed by atoms with Gasteiger partial charge in [-0.1, -0.05) is 57.4 Å². The van der Waals surface area contributed by atoms with Crippen molar-refractivity contribution in [3.05, 3.63) is 53.7 Å². The molecule has 4 rings (SSSR count). The second kappa shape index (κ2) is 22.9. The van der Waals surface area contributed by atoms with Gasteiger partial charge in [0.15, 0.2) is 5.82 Å². The maximum atomic E-state index is 11.9. The lowest BCUT2D eigenvalue weighted by molar-refractivity contribution is -0.121. The molecule has 0 radical (unpaired) electrons. The number of carbonyl (C=O) groups excluding carboxylic acids is 1. The monoisotopic (exact) mass is 693 g/mol. The van der Waals surface area contributed by atoms with Crippen LogP contribution in [0.1, 0.15) is 96.6 Å². The second-order valence-electron chi connectivity index (χ2n) is 13.3. The molecule has 0 bridgehead atoms. The van der Waals surface area contributed by atoms with Crippen LogP contribution in [0.4, 0.5) is 11.8 Å². The summed E-state index contributed by atoms with van der Waals surface area (Å²) in [5.41, 5.74) is 10.1. The molecule has 5 N–H and O–H groups in total. The van der Waals surface area contributed by atoms with Crippen molar-refractivity contribution in [1.29, 1.82) is 0 Å². The van der Waals surface area contributed by atoms with Crippen molar-refractivity contribution in [3.8, 4) is 5.75 Å². The molecule has 1 aliphatic rings. The molecular formula is C39H64N8O3. The topological polar surface area (TPSA) is 134 Å². The molecule has 11 heteroatoms. The molecule has 1 fully saturated rings. The van der Waals surface area contributed by atoms with Crippen LogP contribution in [-0.2, 0) is 17.9 Å². The number of anilines is 2. The van der Waals surface area contributed by atoms with Gasteiger partial charge in [0.1, 0.15) is 11.3 Å². The SMILES string of the molecule is CC=CCCC.CCCCCNc1nc(N)nc2ccn(Cc3ccc(CN4CCN(CCCNC(=O)CCCC(C)O)CC4)cc3OC)c12. The average molecular weight is 693 g/mol. The summed E-state index contributed by atoms with van der Waals surface area (Å²) in [5, 5.41) is 15.8. The first-order valence-electron chi connectivity index (χ1n) is 18.8. The number of aliphatic hydroxyl groups is 1. The number of rotatable bonds is 20. The summed E-state index contributed by atoms with van der Waals surface area (Å²) in [7, 11) is 1.73. The lowest BCUT2D eigenvalue weighted by Crippen LogP contribution is -2.46. The minimum absolute atomic E-state index is 0.0809. The Labute approximate surface area is 300 Å². The van der Waals surface area contributed by atoms with Crippen LogP contribution in [-0.4, -0.2) is 94.4 Å². The molecule has 0 saturated carbocycles. The van der Waals surface area contributed by atoms with E-state index in [2.05, 4.69) is 86.1 Å². The number of nitrogens with one attached hydrogen (secondary N) is 2. The number of hydrogen-bond acceptors (Lipinski definition) is 9. The molecule has 1 saturated heterocycles. The Morgan fingerprint density at radius 1 is 1.02 bits per heavy atom. The number of nitrogens with zero attached hydrogens (tertiary/aromatic N) is 5. The van der Waals surface area contributed by atoms with E-state index in [1.165, 1.54) is 31.2 Å². The van der Waals surface area contributed by atoms with Crippen LogP contribution in [0.15, 0.2) is 42.6 Å².